The Morgan fingerprint density at radius 2 is 2.37 bits per heavy atom. The van der Waals surface area contributed by atoms with Crippen LogP contribution in [0, 0.1) is 6.92 Å². The lowest BCUT2D eigenvalue weighted by molar-refractivity contribution is -0.0429. The Bertz CT molecular complexity index is 457. The molecule has 0 aromatic carbocycles. The molecular weight excluding hydrogens is 244 g/mol. The average Bonchev–Trinajstić information content (AvgIpc) is 2.79. The molecule has 2 rings (SSSR count). The minimum Gasteiger partial charge on any atom is -0.373 e. The number of ether oxygens (including phenoxy) is 1. The molecule has 0 aliphatic carbocycles. The van der Waals surface area contributed by atoms with Gasteiger partial charge in [-0.2, -0.15) is 5.10 Å². The first-order chi connectivity index (χ1) is 9.06. The predicted octanol–water partition coefficient (Wildman–Crippen LogP) is 0.400. The molecule has 0 saturated carbocycles. The number of carbonyl (C=O) groups excluding carboxylic acids is 1. The molecule has 2 unspecified atom stereocenters. The average molecular weight is 266 g/mol. The van der Waals surface area contributed by atoms with Crippen molar-refractivity contribution in [2.75, 3.05) is 19.7 Å². The van der Waals surface area contributed by atoms with Gasteiger partial charge in [0.2, 0.25) is 0 Å². The summed E-state index contributed by atoms with van der Waals surface area (Å²) in [6.45, 7) is 8.07. The van der Waals surface area contributed by atoms with Gasteiger partial charge in [0, 0.05) is 19.6 Å². The summed E-state index contributed by atoms with van der Waals surface area (Å²) in [6.07, 6.45) is -0.0701. The van der Waals surface area contributed by atoms with Crippen LogP contribution in [0.4, 0.5) is 0 Å². The molecule has 0 spiro atoms. The number of aromatic nitrogens is 2. The van der Waals surface area contributed by atoms with Crippen LogP contribution in [0.5, 0.6) is 0 Å². The first kappa shape index (κ1) is 14.0. The molecule has 2 N–H and O–H groups in total. The number of hydrogen-bond acceptors (Lipinski definition) is 4. The molecule has 1 amide bonds. The third-order valence-corrected chi connectivity index (χ3v) is 3.45. The van der Waals surface area contributed by atoms with E-state index in [4.69, 9.17) is 10.5 Å². The third-order valence-electron chi connectivity index (χ3n) is 3.45. The number of carbonyl (C=O) groups is 1. The largest absolute Gasteiger partial charge is 0.373 e. The lowest BCUT2D eigenvalue weighted by Gasteiger charge is -2.37. The highest BCUT2D eigenvalue weighted by molar-refractivity contribution is 5.93. The van der Waals surface area contributed by atoms with E-state index in [1.807, 2.05) is 31.7 Å². The maximum absolute atomic E-state index is 12.6. The Morgan fingerprint density at radius 1 is 1.63 bits per heavy atom. The Labute approximate surface area is 113 Å². The highest BCUT2D eigenvalue weighted by Gasteiger charge is 2.31. The fraction of sp³-hybridized carbons (Fsp3) is 0.692. The van der Waals surface area contributed by atoms with Crippen LogP contribution in [0.25, 0.3) is 0 Å². The van der Waals surface area contributed by atoms with Crippen LogP contribution in [-0.2, 0) is 11.3 Å². The molecule has 2 heterocycles. The van der Waals surface area contributed by atoms with Gasteiger partial charge < -0.3 is 15.4 Å². The summed E-state index contributed by atoms with van der Waals surface area (Å²) in [5, 5.41) is 4.32. The second-order valence-electron chi connectivity index (χ2n) is 4.98. The first-order valence-electron chi connectivity index (χ1n) is 6.73. The fourth-order valence-electron chi connectivity index (χ4n) is 2.35. The van der Waals surface area contributed by atoms with Crippen LogP contribution < -0.4 is 5.73 Å². The lowest BCUT2D eigenvalue weighted by Crippen LogP contribution is -2.53. The van der Waals surface area contributed by atoms with Gasteiger partial charge in [-0.25, -0.2) is 0 Å². The van der Waals surface area contributed by atoms with Crippen molar-refractivity contribution in [3.63, 3.8) is 0 Å². The van der Waals surface area contributed by atoms with E-state index in [1.54, 1.807) is 4.68 Å². The second kappa shape index (κ2) is 5.71. The summed E-state index contributed by atoms with van der Waals surface area (Å²) in [7, 11) is 0. The summed E-state index contributed by atoms with van der Waals surface area (Å²) in [6, 6.07) is 1.90. The number of aryl methyl sites for hydroxylation is 2. The van der Waals surface area contributed by atoms with Crippen LogP contribution in [0.1, 0.15) is 30.0 Å². The normalized spacial score (nSPS) is 23.7. The van der Waals surface area contributed by atoms with Crippen LogP contribution >= 0.6 is 0 Å². The van der Waals surface area contributed by atoms with E-state index < -0.39 is 0 Å². The topological polar surface area (TPSA) is 73.4 Å². The van der Waals surface area contributed by atoms with Crippen LogP contribution in [0.15, 0.2) is 6.07 Å². The molecule has 6 heteroatoms. The molecule has 1 aromatic rings. The second-order valence-corrected chi connectivity index (χ2v) is 4.98. The van der Waals surface area contributed by atoms with Crippen molar-refractivity contribution in [1.82, 2.24) is 14.7 Å². The van der Waals surface area contributed by atoms with Crippen molar-refractivity contribution in [2.24, 2.45) is 5.73 Å². The lowest BCUT2D eigenvalue weighted by atomic mass is 10.1. The number of amides is 1. The third kappa shape index (κ3) is 2.79. The highest BCUT2D eigenvalue weighted by Crippen LogP contribution is 2.16. The predicted molar refractivity (Wildman–Crippen MR) is 71.9 cm³/mol. The van der Waals surface area contributed by atoms with Gasteiger partial charge in [-0.05, 0) is 26.8 Å². The monoisotopic (exact) mass is 266 g/mol. The Kier molecular flexibility index (Phi) is 4.21. The SMILES string of the molecule is CCn1nc(C)cc1C(=O)N1CC(CN)OCC1C. The molecule has 19 heavy (non-hydrogen) atoms. The van der Waals surface area contributed by atoms with Gasteiger partial charge in [-0.15, -0.1) is 0 Å². The Morgan fingerprint density at radius 3 is 3.00 bits per heavy atom. The van der Waals surface area contributed by atoms with E-state index in [9.17, 15) is 4.79 Å². The molecule has 0 radical (unpaired) electrons. The van der Waals surface area contributed by atoms with Gasteiger partial charge in [0.15, 0.2) is 0 Å². The highest BCUT2D eigenvalue weighted by atomic mass is 16.5. The van der Waals surface area contributed by atoms with E-state index in [0.717, 1.165) is 5.69 Å². The van der Waals surface area contributed by atoms with Crippen molar-refractivity contribution >= 4 is 5.91 Å². The number of morpholine rings is 1. The molecule has 2 atom stereocenters. The molecule has 1 aliphatic heterocycles. The van der Waals surface area contributed by atoms with Crippen molar-refractivity contribution in [3.05, 3.63) is 17.5 Å². The zero-order chi connectivity index (χ0) is 14.0. The maximum Gasteiger partial charge on any atom is 0.272 e. The maximum atomic E-state index is 12.6. The zero-order valence-corrected chi connectivity index (χ0v) is 11.8. The number of hydrogen-bond donors (Lipinski definition) is 1. The molecular formula is C13H22N4O2. The van der Waals surface area contributed by atoms with Crippen molar-refractivity contribution in [3.8, 4) is 0 Å². The molecule has 1 fully saturated rings. The van der Waals surface area contributed by atoms with Gasteiger partial charge >= 0.3 is 0 Å². The standard InChI is InChI=1S/C13H22N4O2/c1-4-17-12(5-9(2)15-17)13(18)16-7-11(6-14)19-8-10(16)3/h5,10-11H,4,6-8,14H2,1-3H3. The van der Waals surface area contributed by atoms with E-state index in [1.165, 1.54) is 0 Å². The van der Waals surface area contributed by atoms with E-state index >= 15 is 0 Å². The summed E-state index contributed by atoms with van der Waals surface area (Å²) in [4.78, 5) is 14.5. The molecule has 106 valence electrons. The summed E-state index contributed by atoms with van der Waals surface area (Å²) in [5.41, 5.74) is 7.13. The van der Waals surface area contributed by atoms with E-state index in [-0.39, 0.29) is 18.1 Å². The van der Waals surface area contributed by atoms with Crippen LogP contribution in [0.3, 0.4) is 0 Å². The molecule has 1 saturated heterocycles. The zero-order valence-electron chi connectivity index (χ0n) is 11.8. The van der Waals surface area contributed by atoms with Crippen molar-refractivity contribution < 1.29 is 9.53 Å². The smallest absolute Gasteiger partial charge is 0.272 e. The van der Waals surface area contributed by atoms with E-state index in [2.05, 4.69) is 5.10 Å². The number of nitrogens with two attached hydrogens (primary N) is 1. The number of nitrogens with zero attached hydrogens (tertiary/aromatic N) is 3. The van der Waals surface area contributed by atoms with Crippen LogP contribution in [-0.4, -0.2) is 52.4 Å². The quantitative estimate of drug-likeness (QED) is 0.859. The van der Waals surface area contributed by atoms with Gasteiger partial charge in [-0.1, -0.05) is 0 Å². The van der Waals surface area contributed by atoms with Gasteiger partial charge in [0.05, 0.1) is 24.4 Å². The molecule has 0 bridgehead atoms. The summed E-state index contributed by atoms with van der Waals surface area (Å²) in [5.74, 6) is 0.0108. The molecule has 6 nitrogen and oxygen atoms in total. The Balaban J connectivity index is 2.21. The summed E-state index contributed by atoms with van der Waals surface area (Å²) < 4.78 is 7.32. The first-order valence-corrected chi connectivity index (χ1v) is 6.73. The minimum absolute atomic E-state index is 0.0108. The summed E-state index contributed by atoms with van der Waals surface area (Å²) >= 11 is 0. The van der Waals surface area contributed by atoms with Crippen molar-refractivity contribution in [1.29, 1.82) is 0 Å². The van der Waals surface area contributed by atoms with E-state index in [0.29, 0.717) is 31.9 Å². The fourth-order valence-corrected chi connectivity index (χ4v) is 2.35. The van der Waals surface area contributed by atoms with Gasteiger partial charge in [0.25, 0.3) is 5.91 Å². The van der Waals surface area contributed by atoms with Gasteiger partial charge in [0.1, 0.15) is 5.69 Å². The minimum atomic E-state index is -0.0701. The van der Waals surface area contributed by atoms with Gasteiger partial charge in [-0.3, -0.25) is 9.48 Å². The number of rotatable bonds is 3. The molecule has 1 aliphatic rings. The Hall–Kier alpha value is -1.40. The van der Waals surface area contributed by atoms with Crippen molar-refractivity contribution in [2.45, 2.75) is 39.5 Å². The van der Waals surface area contributed by atoms with Crippen LogP contribution in [0.2, 0.25) is 0 Å². The molecule has 1 aromatic heterocycles.